The Morgan fingerprint density at radius 1 is 1.40 bits per heavy atom. The van der Waals surface area contributed by atoms with Crippen LogP contribution in [0.3, 0.4) is 0 Å². The summed E-state index contributed by atoms with van der Waals surface area (Å²) < 4.78 is 0. The molecule has 4 N–H and O–H groups in total. The van der Waals surface area contributed by atoms with Crippen LogP contribution < -0.4 is 16.4 Å². The van der Waals surface area contributed by atoms with Crippen LogP contribution in [0.4, 0.5) is 0 Å². The smallest absolute Gasteiger partial charge is 0.245 e. The maximum absolute atomic E-state index is 12.8. The van der Waals surface area contributed by atoms with Gasteiger partial charge in [0.15, 0.2) is 0 Å². The number of nitrogens with two attached hydrogens (primary N) is 1. The second kappa shape index (κ2) is 7.41. The molecule has 0 saturated carbocycles. The van der Waals surface area contributed by atoms with E-state index >= 15 is 0 Å². The van der Waals surface area contributed by atoms with Crippen LogP contribution in [0.25, 0.3) is 0 Å². The van der Waals surface area contributed by atoms with E-state index in [9.17, 15) is 19.2 Å². The monoisotopic (exact) mass is 352 g/mol. The Kier molecular flexibility index (Phi) is 5.69. The second-order valence-electron chi connectivity index (χ2n) is 7.61. The summed E-state index contributed by atoms with van der Waals surface area (Å²) in [5.41, 5.74) is 4.87. The normalized spacial score (nSPS) is 26.2. The van der Waals surface area contributed by atoms with Gasteiger partial charge in [-0.05, 0) is 19.3 Å². The van der Waals surface area contributed by atoms with Crippen molar-refractivity contribution in [1.82, 2.24) is 15.5 Å². The van der Waals surface area contributed by atoms with Crippen LogP contribution in [0.1, 0.15) is 52.9 Å². The van der Waals surface area contributed by atoms with Gasteiger partial charge in [0.1, 0.15) is 18.1 Å². The van der Waals surface area contributed by atoms with Gasteiger partial charge in [-0.1, -0.05) is 27.2 Å². The van der Waals surface area contributed by atoms with Crippen LogP contribution >= 0.6 is 0 Å². The van der Waals surface area contributed by atoms with Crippen LogP contribution in [0.2, 0.25) is 0 Å². The lowest BCUT2D eigenvalue weighted by Crippen LogP contribution is -2.56. The molecule has 0 aromatic carbocycles. The van der Waals surface area contributed by atoms with Gasteiger partial charge in [-0.25, -0.2) is 0 Å². The van der Waals surface area contributed by atoms with Crippen LogP contribution in [0.15, 0.2) is 0 Å². The lowest BCUT2D eigenvalue weighted by molar-refractivity contribution is -0.141. The number of nitrogens with zero attached hydrogens (tertiary/aromatic N) is 1. The minimum absolute atomic E-state index is 0.170. The highest BCUT2D eigenvalue weighted by Crippen LogP contribution is 2.30. The number of rotatable bonds is 6. The largest absolute Gasteiger partial charge is 0.368 e. The first-order valence-corrected chi connectivity index (χ1v) is 8.87. The predicted molar refractivity (Wildman–Crippen MR) is 91.1 cm³/mol. The molecule has 0 unspecified atom stereocenters. The summed E-state index contributed by atoms with van der Waals surface area (Å²) in [4.78, 5) is 50.1. The Bertz CT molecular complexity index is 575. The van der Waals surface area contributed by atoms with E-state index in [2.05, 4.69) is 10.6 Å². The number of carbonyl (C=O) groups excluding carboxylic acids is 4. The van der Waals surface area contributed by atoms with Gasteiger partial charge in [-0.15, -0.1) is 0 Å². The maximum Gasteiger partial charge on any atom is 0.245 e. The third-order valence-corrected chi connectivity index (χ3v) is 5.02. The van der Waals surface area contributed by atoms with Crippen molar-refractivity contribution in [3.63, 3.8) is 0 Å². The molecule has 3 atom stereocenters. The highest BCUT2D eigenvalue weighted by molar-refractivity contribution is 5.96. The Hall–Kier alpha value is -2.12. The first-order chi connectivity index (χ1) is 11.7. The lowest BCUT2D eigenvalue weighted by Gasteiger charge is -2.30. The van der Waals surface area contributed by atoms with Gasteiger partial charge >= 0.3 is 0 Å². The number of amides is 4. The minimum Gasteiger partial charge on any atom is -0.368 e. The van der Waals surface area contributed by atoms with Crippen molar-refractivity contribution in [3.05, 3.63) is 0 Å². The second-order valence-corrected chi connectivity index (χ2v) is 7.61. The number of primary amides is 1. The Morgan fingerprint density at radius 2 is 2.08 bits per heavy atom. The number of hydrogen-bond acceptors (Lipinski definition) is 4. The van der Waals surface area contributed by atoms with Crippen molar-refractivity contribution in [2.75, 3.05) is 6.54 Å². The topological polar surface area (TPSA) is 122 Å². The molecule has 2 saturated heterocycles. The third-order valence-electron chi connectivity index (χ3n) is 5.02. The molecule has 25 heavy (non-hydrogen) atoms. The van der Waals surface area contributed by atoms with Crippen molar-refractivity contribution in [2.24, 2.45) is 11.1 Å². The van der Waals surface area contributed by atoms with Crippen LogP contribution in [0.5, 0.6) is 0 Å². The van der Waals surface area contributed by atoms with Gasteiger partial charge in [0.25, 0.3) is 0 Å². The third kappa shape index (κ3) is 4.11. The molecular weight excluding hydrogens is 324 g/mol. The Balaban J connectivity index is 2.10. The van der Waals surface area contributed by atoms with Crippen molar-refractivity contribution in [2.45, 2.75) is 71.0 Å². The molecule has 8 heteroatoms. The fourth-order valence-corrected chi connectivity index (χ4v) is 3.67. The molecule has 0 spiro atoms. The zero-order valence-corrected chi connectivity index (χ0v) is 15.1. The standard InChI is InChI=1S/C17H28N4O4/c1-4-6-10(16(25)21-8-5-7-11(21)14(18)23)19-15(24)13-17(2,3)9-12(22)20-13/h10-11,13H,4-9H2,1-3H3,(H2,18,23)(H,19,24)(H,20,22)/t10-,11-,13+/m0/s1. The lowest BCUT2D eigenvalue weighted by atomic mass is 9.84. The van der Waals surface area contributed by atoms with E-state index in [0.29, 0.717) is 25.8 Å². The predicted octanol–water partition coefficient (Wildman–Crippen LogP) is -0.338. The molecule has 0 aliphatic carbocycles. The molecule has 2 aliphatic rings. The van der Waals surface area contributed by atoms with Crippen molar-refractivity contribution in [3.8, 4) is 0 Å². The Morgan fingerprint density at radius 3 is 2.60 bits per heavy atom. The first-order valence-electron chi connectivity index (χ1n) is 8.87. The number of likely N-dealkylation sites (tertiary alicyclic amines) is 1. The zero-order chi connectivity index (χ0) is 18.8. The van der Waals surface area contributed by atoms with Gasteiger partial charge in [-0.3, -0.25) is 19.2 Å². The van der Waals surface area contributed by atoms with E-state index in [0.717, 1.165) is 6.42 Å². The van der Waals surface area contributed by atoms with Gasteiger partial charge in [0, 0.05) is 18.4 Å². The molecule has 0 aromatic heterocycles. The van der Waals surface area contributed by atoms with Crippen molar-refractivity contribution < 1.29 is 19.2 Å². The van der Waals surface area contributed by atoms with Crippen molar-refractivity contribution >= 4 is 23.6 Å². The summed E-state index contributed by atoms with van der Waals surface area (Å²) in [6.07, 6.45) is 2.71. The summed E-state index contributed by atoms with van der Waals surface area (Å²) in [7, 11) is 0. The SMILES string of the molecule is CCC[C@H](NC(=O)[C@H]1NC(=O)CC1(C)C)C(=O)N1CCC[C@H]1C(N)=O. The molecule has 2 fully saturated rings. The average molecular weight is 352 g/mol. The summed E-state index contributed by atoms with van der Waals surface area (Å²) in [6.45, 7) is 6.07. The van der Waals surface area contributed by atoms with E-state index in [4.69, 9.17) is 5.73 Å². The first kappa shape index (κ1) is 19.2. The molecular formula is C17H28N4O4. The Labute approximate surface area is 147 Å². The van der Waals surface area contributed by atoms with Crippen LogP contribution in [-0.4, -0.2) is 53.2 Å². The van der Waals surface area contributed by atoms with E-state index in [1.165, 1.54) is 4.90 Å². The van der Waals surface area contributed by atoms with Gasteiger partial charge in [-0.2, -0.15) is 0 Å². The maximum atomic E-state index is 12.8. The van der Waals surface area contributed by atoms with Gasteiger partial charge in [0.2, 0.25) is 23.6 Å². The molecule has 140 valence electrons. The van der Waals surface area contributed by atoms with E-state index < -0.39 is 29.4 Å². The fourth-order valence-electron chi connectivity index (χ4n) is 3.67. The average Bonchev–Trinajstić information content (AvgIpc) is 3.09. The molecule has 4 amide bonds. The minimum atomic E-state index is -0.717. The van der Waals surface area contributed by atoms with Gasteiger partial charge < -0.3 is 21.3 Å². The zero-order valence-electron chi connectivity index (χ0n) is 15.1. The number of carbonyl (C=O) groups is 4. The molecule has 8 nitrogen and oxygen atoms in total. The molecule has 2 heterocycles. The molecule has 0 radical (unpaired) electrons. The van der Waals surface area contributed by atoms with E-state index in [1.807, 2.05) is 20.8 Å². The van der Waals surface area contributed by atoms with Gasteiger partial charge in [0.05, 0.1) is 0 Å². The summed E-state index contributed by atoms with van der Waals surface area (Å²) in [5, 5.41) is 5.45. The summed E-state index contributed by atoms with van der Waals surface area (Å²) in [5.74, 6) is -1.33. The van der Waals surface area contributed by atoms with Crippen LogP contribution in [-0.2, 0) is 19.2 Å². The molecule has 0 aromatic rings. The highest BCUT2D eigenvalue weighted by Gasteiger charge is 2.45. The fraction of sp³-hybridized carbons (Fsp3) is 0.765. The van der Waals surface area contributed by atoms with Crippen LogP contribution in [0, 0.1) is 5.41 Å². The molecule has 2 rings (SSSR count). The van der Waals surface area contributed by atoms with E-state index in [1.54, 1.807) is 0 Å². The van der Waals surface area contributed by atoms with Crippen molar-refractivity contribution in [1.29, 1.82) is 0 Å². The number of nitrogens with one attached hydrogen (secondary N) is 2. The molecule has 0 bridgehead atoms. The van der Waals surface area contributed by atoms with E-state index in [-0.39, 0.29) is 24.1 Å². The highest BCUT2D eigenvalue weighted by atomic mass is 16.2. The summed E-state index contributed by atoms with van der Waals surface area (Å²) >= 11 is 0. The molecule has 2 aliphatic heterocycles. The quantitative estimate of drug-likeness (QED) is 0.605. The number of hydrogen-bond donors (Lipinski definition) is 3. The summed E-state index contributed by atoms with van der Waals surface area (Å²) in [6, 6.07) is -1.99.